The van der Waals surface area contributed by atoms with Crippen LogP contribution in [0.25, 0.3) is 10.1 Å². The van der Waals surface area contributed by atoms with Gasteiger partial charge in [0.05, 0.1) is 17.6 Å². The fraction of sp³-hybridized carbons (Fsp3) is 0.238. The van der Waals surface area contributed by atoms with Gasteiger partial charge in [-0.15, -0.1) is 11.3 Å². The molecule has 0 unspecified atom stereocenters. The highest BCUT2D eigenvalue weighted by Gasteiger charge is 2.18. The molecule has 1 heterocycles. The van der Waals surface area contributed by atoms with E-state index in [0.29, 0.717) is 9.90 Å². The molecule has 1 atom stereocenters. The van der Waals surface area contributed by atoms with Crippen LogP contribution in [0.4, 0.5) is 0 Å². The quantitative estimate of drug-likeness (QED) is 0.620. The molecule has 6 heteroatoms. The highest BCUT2D eigenvalue weighted by atomic mass is 35.5. The van der Waals surface area contributed by atoms with Crippen molar-refractivity contribution in [2.45, 2.75) is 26.3 Å². The van der Waals surface area contributed by atoms with Gasteiger partial charge in [-0.25, -0.2) is 0 Å². The normalized spacial score (nSPS) is 12.0. The van der Waals surface area contributed by atoms with Crippen molar-refractivity contribution in [1.82, 2.24) is 10.6 Å². The number of fused-ring (bicyclic) bond motifs is 1. The third kappa shape index (κ3) is 4.49. The summed E-state index contributed by atoms with van der Waals surface area (Å²) in [5, 5.41) is 6.91. The highest BCUT2D eigenvalue weighted by Crippen LogP contribution is 2.34. The Morgan fingerprint density at radius 1 is 1.11 bits per heavy atom. The number of hydrogen-bond donors (Lipinski definition) is 2. The van der Waals surface area contributed by atoms with Crippen LogP contribution in [0.15, 0.2) is 48.5 Å². The molecule has 3 rings (SSSR count). The maximum Gasteiger partial charge on any atom is 0.263 e. The van der Waals surface area contributed by atoms with Crippen LogP contribution in [0, 0.1) is 6.92 Å². The molecule has 0 aliphatic carbocycles. The Labute approximate surface area is 167 Å². The predicted molar refractivity (Wildman–Crippen MR) is 112 cm³/mol. The van der Waals surface area contributed by atoms with Gasteiger partial charge in [0.1, 0.15) is 4.88 Å². The molecule has 0 aliphatic rings. The number of rotatable bonds is 6. The highest BCUT2D eigenvalue weighted by molar-refractivity contribution is 7.21. The van der Waals surface area contributed by atoms with E-state index in [9.17, 15) is 9.59 Å². The van der Waals surface area contributed by atoms with Gasteiger partial charge in [-0.1, -0.05) is 66.6 Å². The van der Waals surface area contributed by atoms with Crippen LogP contribution in [0.3, 0.4) is 0 Å². The molecule has 0 saturated carbocycles. The van der Waals surface area contributed by atoms with Crippen molar-refractivity contribution in [1.29, 1.82) is 0 Å². The molecule has 0 fully saturated rings. The van der Waals surface area contributed by atoms with Gasteiger partial charge in [0.25, 0.3) is 5.91 Å². The van der Waals surface area contributed by atoms with Crippen molar-refractivity contribution in [3.05, 3.63) is 69.6 Å². The minimum Gasteiger partial charge on any atom is -0.348 e. The van der Waals surface area contributed by atoms with Gasteiger partial charge in [0.15, 0.2) is 0 Å². The minimum absolute atomic E-state index is 0.0806. The summed E-state index contributed by atoms with van der Waals surface area (Å²) in [7, 11) is 0. The first-order valence-electron chi connectivity index (χ1n) is 8.80. The minimum atomic E-state index is -0.334. The largest absolute Gasteiger partial charge is 0.348 e. The fourth-order valence-electron chi connectivity index (χ4n) is 2.87. The molecular weight excluding hydrogens is 380 g/mol. The number of thiophene rings is 1. The SMILES string of the molecule is CC[C@@H](NC(=O)CNC(=O)c1sc2ccccc2c1Cl)c1ccc(C)cc1. The second-order valence-electron chi connectivity index (χ2n) is 6.36. The van der Waals surface area contributed by atoms with Gasteiger partial charge >= 0.3 is 0 Å². The van der Waals surface area contributed by atoms with E-state index in [0.717, 1.165) is 22.1 Å². The summed E-state index contributed by atoms with van der Waals surface area (Å²) in [5.74, 6) is -0.562. The third-order valence-corrected chi connectivity index (χ3v) is 6.05. The first kappa shape index (κ1) is 19.4. The molecule has 2 amide bonds. The Bertz CT molecular complexity index is 966. The average Bonchev–Trinajstić information content (AvgIpc) is 3.02. The number of halogens is 1. The van der Waals surface area contributed by atoms with E-state index in [1.807, 2.05) is 62.4 Å². The summed E-state index contributed by atoms with van der Waals surface area (Å²) in [6.07, 6.45) is 0.769. The lowest BCUT2D eigenvalue weighted by atomic mass is 10.0. The Morgan fingerprint density at radius 2 is 1.81 bits per heavy atom. The van der Waals surface area contributed by atoms with E-state index in [2.05, 4.69) is 10.6 Å². The maximum absolute atomic E-state index is 12.4. The molecule has 0 bridgehead atoms. The molecule has 0 radical (unpaired) electrons. The summed E-state index contributed by atoms with van der Waals surface area (Å²) in [6.45, 7) is 3.95. The smallest absolute Gasteiger partial charge is 0.263 e. The molecule has 27 heavy (non-hydrogen) atoms. The number of carbonyl (C=O) groups excluding carboxylic acids is 2. The Kier molecular flexibility index (Phi) is 6.14. The zero-order valence-electron chi connectivity index (χ0n) is 15.2. The molecule has 3 aromatic rings. The zero-order valence-corrected chi connectivity index (χ0v) is 16.8. The summed E-state index contributed by atoms with van der Waals surface area (Å²) in [6, 6.07) is 15.6. The van der Waals surface area contributed by atoms with Crippen LogP contribution < -0.4 is 10.6 Å². The molecule has 0 saturated heterocycles. The fourth-order valence-corrected chi connectivity index (χ4v) is 4.30. The molecular formula is C21H21ClN2O2S. The van der Waals surface area contributed by atoms with Crippen molar-refractivity contribution in [3.63, 3.8) is 0 Å². The van der Waals surface area contributed by atoms with E-state index >= 15 is 0 Å². The third-order valence-electron chi connectivity index (χ3n) is 4.37. The number of hydrogen-bond acceptors (Lipinski definition) is 3. The Balaban J connectivity index is 1.61. The maximum atomic E-state index is 12.4. The van der Waals surface area contributed by atoms with Crippen molar-refractivity contribution in [3.8, 4) is 0 Å². The van der Waals surface area contributed by atoms with Crippen molar-refractivity contribution < 1.29 is 9.59 Å². The number of carbonyl (C=O) groups is 2. The lowest BCUT2D eigenvalue weighted by Gasteiger charge is -2.18. The van der Waals surface area contributed by atoms with Gasteiger partial charge in [-0.3, -0.25) is 9.59 Å². The number of benzene rings is 2. The molecule has 1 aromatic heterocycles. The topological polar surface area (TPSA) is 58.2 Å². The Hall–Kier alpha value is -2.37. The van der Waals surface area contributed by atoms with Crippen LogP contribution in [0.2, 0.25) is 5.02 Å². The van der Waals surface area contributed by atoms with Gasteiger partial charge in [-0.2, -0.15) is 0 Å². The second-order valence-corrected chi connectivity index (χ2v) is 7.79. The molecule has 4 nitrogen and oxygen atoms in total. The number of nitrogens with one attached hydrogen (secondary N) is 2. The van der Waals surface area contributed by atoms with Crippen molar-refractivity contribution >= 4 is 44.8 Å². The molecule has 0 aliphatic heterocycles. The standard InChI is InChI=1S/C21H21ClN2O2S/c1-3-16(14-10-8-13(2)9-11-14)24-18(25)12-23-21(26)20-19(22)15-6-4-5-7-17(15)27-20/h4-11,16H,3,12H2,1-2H3,(H,23,26)(H,24,25)/t16-/m1/s1. The van der Waals surface area contributed by atoms with E-state index in [1.54, 1.807) is 0 Å². The molecule has 2 N–H and O–H groups in total. The lowest BCUT2D eigenvalue weighted by molar-refractivity contribution is -0.120. The van der Waals surface area contributed by atoms with Crippen molar-refractivity contribution in [2.75, 3.05) is 6.54 Å². The number of aryl methyl sites for hydroxylation is 1. The molecule has 2 aromatic carbocycles. The summed E-state index contributed by atoms with van der Waals surface area (Å²) >= 11 is 7.64. The summed E-state index contributed by atoms with van der Waals surface area (Å²) in [5.41, 5.74) is 2.22. The van der Waals surface area contributed by atoms with E-state index in [1.165, 1.54) is 16.9 Å². The van der Waals surface area contributed by atoms with E-state index < -0.39 is 0 Å². The average molecular weight is 401 g/mol. The van der Waals surface area contributed by atoms with Gasteiger partial charge < -0.3 is 10.6 Å². The number of amides is 2. The summed E-state index contributed by atoms with van der Waals surface area (Å²) < 4.78 is 0.947. The predicted octanol–water partition coefficient (Wildman–Crippen LogP) is 4.86. The van der Waals surface area contributed by atoms with Gasteiger partial charge in [0, 0.05) is 10.1 Å². The van der Waals surface area contributed by atoms with Gasteiger partial charge in [-0.05, 0) is 25.0 Å². The second kappa shape index (κ2) is 8.55. The van der Waals surface area contributed by atoms with E-state index in [4.69, 9.17) is 11.6 Å². The van der Waals surface area contributed by atoms with Crippen LogP contribution >= 0.6 is 22.9 Å². The molecule has 140 valence electrons. The zero-order chi connectivity index (χ0) is 19.4. The van der Waals surface area contributed by atoms with Crippen LogP contribution in [-0.4, -0.2) is 18.4 Å². The lowest BCUT2D eigenvalue weighted by Crippen LogP contribution is -2.38. The first-order chi connectivity index (χ1) is 13.0. The summed E-state index contributed by atoms with van der Waals surface area (Å²) in [4.78, 5) is 25.2. The van der Waals surface area contributed by atoms with E-state index in [-0.39, 0.29) is 24.4 Å². The van der Waals surface area contributed by atoms with Crippen LogP contribution in [0.1, 0.15) is 40.2 Å². The Morgan fingerprint density at radius 3 is 2.48 bits per heavy atom. The van der Waals surface area contributed by atoms with Crippen molar-refractivity contribution in [2.24, 2.45) is 0 Å². The van der Waals surface area contributed by atoms with Crippen LogP contribution in [0.5, 0.6) is 0 Å². The van der Waals surface area contributed by atoms with Crippen LogP contribution in [-0.2, 0) is 4.79 Å². The first-order valence-corrected chi connectivity index (χ1v) is 10.00. The van der Waals surface area contributed by atoms with Gasteiger partial charge in [0.2, 0.25) is 5.91 Å². The molecule has 0 spiro atoms. The monoisotopic (exact) mass is 400 g/mol.